The average molecular weight is 524 g/mol. The van der Waals surface area contributed by atoms with Crippen molar-refractivity contribution < 1.29 is 9.53 Å². The van der Waals surface area contributed by atoms with Gasteiger partial charge in [0.05, 0.1) is 34.0 Å². The minimum Gasteiger partial charge on any atom is -0.467 e. The predicted molar refractivity (Wildman–Crippen MR) is 136 cm³/mol. The number of carbonyl (C=O) groups is 1. The largest absolute Gasteiger partial charge is 0.467 e. The van der Waals surface area contributed by atoms with Crippen molar-refractivity contribution in [3.63, 3.8) is 0 Å². The van der Waals surface area contributed by atoms with Gasteiger partial charge in [-0.05, 0) is 54.9 Å². The third-order valence-electron chi connectivity index (χ3n) is 5.92. The summed E-state index contributed by atoms with van der Waals surface area (Å²) in [5.41, 5.74) is 4.35. The van der Waals surface area contributed by atoms with Gasteiger partial charge in [-0.1, -0.05) is 0 Å². The first-order chi connectivity index (χ1) is 16.3. The molecule has 1 saturated heterocycles. The summed E-state index contributed by atoms with van der Waals surface area (Å²) < 4.78 is 7.95. The summed E-state index contributed by atoms with van der Waals surface area (Å²) in [4.78, 5) is 29.1. The number of piperazine rings is 1. The van der Waals surface area contributed by atoms with Crippen molar-refractivity contribution in [1.82, 2.24) is 24.7 Å². The summed E-state index contributed by atoms with van der Waals surface area (Å²) in [6.45, 7) is 7.98. The van der Waals surface area contributed by atoms with Crippen LogP contribution in [0.1, 0.15) is 29.9 Å². The number of nitrogens with zero attached hydrogens (tertiary/aromatic N) is 5. The van der Waals surface area contributed by atoms with Gasteiger partial charge in [-0.2, -0.15) is 4.98 Å². The number of methoxy groups -OCH3 is 1. The zero-order valence-electron chi connectivity index (χ0n) is 19.5. The number of rotatable bonds is 4. The Balaban J connectivity index is 1.54. The van der Waals surface area contributed by atoms with Gasteiger partial charge in [-0.25, -0.2) is 9.97 Å². The van der Waals surface area contributed by atoms with Crippen LogP contribution >= 0.6 is 15.9 Å². The molecule has 0 spiro atoms. The van der Waals surface area contributed by atoms with Crippen molar-refractivity contribution in [3.05, 3.63) is 52.5 Å². The van der Waals surface area contributed by atoms with Crippen molar-refractivity contribution in [2.45, 2.75) is 32.9 Å². The minimum atomic E-state index is -0.262. The third kappa shape index (κ3) is 4.19. The first-order valence-electron chi connectivity index (χ1n) is 11.1. The number of fused-ring (bicyclic) bond motifs is 2. The lowest BCUT2D eigenvalue weighted by Crippen LogP contribution is -2.54. The molecule has 3 aromatic heterocycles. The number of benzene rings is 1. The van der Waals surface area contributed by atoms with Crippen LogP contribution < -0.4 is 20.3 Å². The first-order valence-corrected chi connectivity index (χ1v) is 11.9. The molecule has 1 aliphatic rings. The second-order valence-electron chi connectivity index (χ2n) is 8.77. The molecular formula is C24H26BrN7O2. The minimum absolute atomic E-state index is 0.221. The number of pyridine rings is 1. The number of carbonyl (C=O) groups excluding carboxylic acids is 1. The number of hydrogen-bond donors (Lipinski definition) is 2. The Morgan fingerprint density at radius 2 is 1.97 bits per heavy atom. The van der Waals surface area contributed by atoms with Gasteiger partial charge in [0.25, 0.3) is 5.91 Å². The molecule has 5 rings (SSSR count). The molecule has 0 saturated carbocycles. The topological polar surface area (TPSA) is 96.7 Å². The molecule has 10 heteroatoms. The number of amides is 1. The quantitative estimate of drug-likeness (QED) is 0.419. The van der Waals surface area contributed by atoms with E-state index in [4.69, 9.17) is 4.74 Å². The van der Waals surface area contributed by atoms with Gasteiger partial charge in [0, 0.05) is 54.8 Å². The standard InChI is InChI=1S/C24H26BrN7O2/c1-13-9-31(10-14(2)27-13)20-6-5-17(21-18(20)8-26-24(30-21)34-4)23(33)29-16-7-19(25)22-28-15(3)11-32(22)12-16/h5-8,11-14,27H,9-10H2,1-4H3,(H,29,33). The number of nitrogens with one attached hydrogen (secondary N) is 2. The van der Waals surface area contributed by atoms with Crippen molar-refractivity contribution in [2.24, 2.45) is 0 Å². The summed E-state index contributed by atoms with van der Waals surface area (Å²) in [5.74, 6) is -0.262. The van der Waals surface area contributed by atoms with E-state index in [1.54, 1.807) is 6.20 Å². The molecule has 1 aliphatic heterocycles. The highest BCUT2D eigenvalue weighted by Gasteiger charge is 2.24. The average Bonchev–Trinajstić information content (AvgIpc) is 3.18. The predicted octanol–water partition coefficient (Wildman–Crippen LogP) is 3.80. The summed E-state index contributed by atoms with van der Waals surface area (Å²) >= 11 is 3.55. The zero-order chi connectivity index (χ0) is 24.0. The Hall–Kier alpha value is -3.24. The summed E-state index contributed by atoms with van der Waals surface area (Å²) in [5, 5.41) is 7.37. The van der Waals surface area contributed by atoms with Gasteiger partial charge in [0.2, 0.25) is 0 Å². The molecule has 0 bridgehead atoms. The number of hydrogen-bond acceptors (Lipinski definition) is 7. The van der Waals surface area contributed by atoms with Crippen LogP contribution in [0.3, 0.4) is 0 Å². The van der Waals surface area contributed by atoms with Crippen LogP contribution in [0.5, 0.6) is 6.01 Å². The van der Waals surface area contributed by atoms with Gasteiger partial charge in [-0.3, -0.25) is 4.79 Å². The number of anilines is 2. The van der Waals surface area contributed by atoms with Crippen molar-refractivity contribution in [3.8, 4) is 6.01 Å². The van der Waals surface area contributed by atoms with Gasteiger partial charge in [0.15, 0.2) is 5.65 Å². The summed E-state index contributed by atoms with van der Waals surface area (Å²) in [6.07, 6.45) is 5.49. The fourth-order valence-electron chi connectivity index (χ4n) is 4.62. The molecule has 4 aromatic rings. The van der Waals surface area contributed by atoms with Crippen LogP contribution in [0.2, 0.25) is 0 Å². The third-order valence-corrected chi connectivity index (χ3v) is 6.50. The molecule has 0 radical (unpaired) electrons. The number of aromatic nitrogens is 4. The Morgan fingerprint density at radius 3 is 2.71 bits per heavy atom. The Labute approximate surface area is 205 Å². The van der Waals surface area contributed by atoms with Crippen LogP contribution in [-0.4, -0.2) is 57.5 Å². The van der Waals surface area contributed by atoms with E-state index in [1.807, 2.05) is 41.9 Å². The van der Waals surface area contributed by atoms with Gasteiger partial charge >= 0.3 is 6.01 Å². The number of halogens is 1. The SMILES string of the molecule is COc1ncc2c(N3CC(C)NC(C)C3)ccc(C(=O)Nc3cc(Br)c4nc(C)cn4c3)c2n1. The highest BCUT2D eigenvalue weighted by atomic mass is 79.9. The first kappa shape index (κ1) is 22.5. The summed E-state index contributed by atoms with van der Waals surface area (Å²) in [6, 6.07) is 6.57. The van der Waals surface area contributed by atoms with Gasteiger partial charge < -0.3 is 24.7 Å². The number of imidazole rings is 1. The van der Waals surface area contributed by atoms with E-state index in [1.165, 1.54) is 7.11 Å². The van der Waals surface area contributed by atoms with Crippen molar-refractivity contribution in [1.29, 1.82) is 0 Å². The second-order valence-corrected chi connectivity index (χ2v) is 9.62. The molecule has 2 N–H and O–H groups in total. The van der Waals surface area contributed by atoms with Crippen molar-refractivity contribution >= 4 is 49.8 Å². The molecule has 4 heterocycles. The molecular weight excluding hydrogens is 498 g/mol. The zero-order valence-corrected chi connectivity index (χ0v) is 21.0. The maximum atomic E-state index is 13.4. The van der Waals surface area contributed by atoms with E-state index < -0.39 is 0 Å². The Morgan fingerprint density at radius 1 is 1.21 bits per heavy atom. The second kappa shape index (κ2) is 8.84. The maximum Gasteiger partial charge on any atom is 0.316 e. The van der Waals surface area contributed by atoms with Gasteiger partial charge in [-0.15, -0.1) is 0 Å². The summed E-state index contributed by atoms with van der Waals surface area (Å²) in [7, 11) is 1.52. The molecule has 2 atom stereocenters. The van der Waals surface area contributed by atoms with E-state index in [2.05, 4.69) is 60.3 Å². The number of aryl methyl sites for hydroxylation is 1. The highest BCUT2D eigenvalue weighted by Crippen LogP contribution is 2.31. The lowest BCUT2D eigenvalue weighted by Gasteiger charge is -2.38. The van der Waals surface area contributed by atoms with Crippen LogP contribution in [0.15, 0.2) is 41.3 Å². The molecule has 0 aliphatic carbocycles. The molecule has 1 amide bonds. The van der Waals surface area contributed by atoms with Crippen LogP contribution in [-0.2, 0) is 0 Å². The lowest BCUT2D eigenvalue weighted by atomic mass is 10.0. The van der Waals surface area contributed by atoms with Crippen LogP contribution in [0.25, 0.3) is 16.6 Å². The smallest absolute Gasteiger partial charge is 0.316 e. The molecule has 9 nitrogen and oxygen atoms in total. The Bertz CT molecular complexity index is 1390. The molecule has 34 heavy (non-hydrogen) atoms. The molecule has 176 valence electrons. The molecule has 1 fully saturated rings. The maximum absolute atomic E-state index is 13.4. The van der Waals surface area contributed by atoms with Crippen LogP contribution in [0, 0.1) is 6.92 Å². The van der Waals surface area contributed by atoms with E-state index >= 15 is 0 Å². The lowest BCUT2D eigenvalue weighted by molar-refractivity contribution is 0.102. The fraction of sp³-hybridized carbons (Fsp3) is 0.333. The highest BCUT2D eigenvalue weighted by molar-refractivity contribution is 9.10. The van der Waals surface area contributed by atoms with Crippen molar-refractivity contribution in [2.75, 3.05) is 30.4 Å². The van der Waals surface area contributed by atoms with E-state index in [0.717, 1.165) is 40.0 Å². The number of ether oxygens (including phenoxy) is 1. The normalized spacial score (nSPS) is 18.4. The van der Waals surface area contributed by atoms with Crippen LogP contribution in [0.4, 0.5) is 11.4 Å². The van der Waals surface area contributed by atoms with E-state index in [9.17, 15) is 4.79 Å². The fourth-order valence-corrected chi connectivity index (χ4v) is 5.16. The molecule has 1 aromatic carbocycles. The Kier molecular flexibility index (Phi) is 5.86. The van der Waals surface area contributed by atoms with E-state index in [0.29, 0.717) is 28.9 Å². The monoisotopic (exact) mass is 523 g/mol. The van der Waals surface area contributed by atoms with Gasteiger partial charge in [0.1, 0.15) is 0 Å². The molecule has 2 unspecified atom stereocenters. The van der Waals surface area contributed by atoms with E-state index in [-0.39, 0.29) is 11.9 Å².